The van der Waals surface area contributed by atoms with Crippen LogP contribution in [0, 0.1) is 0 Å². The molecule has 4 heteroatoms. The molecule has 0 aliphatic carbocycles. The zero-order chi connectivity index (χ0) is 14.4. The Hall–Kier alpha value is -1.81. The Kier molecular flexibility index (Phi) is 5.18. The minimum Gasteiger partial charge on any atom is -0.361 e. The number of aromatic nitrogens is 1. The molecule has 0 aliphatic heterocycles. The van der Waals surface area contributed by atoms with Gasteiger partial charge in [-0.05, 0) is 31.5 Å². The first-order valence-corrected chi connectivity index (χ1v) is 7.29. The summed E-state index contributed by atoms with van der Waals surface area (Å²) >= 11 is 0. The number of hydrogen-bond acceptors (Lipinski definition) is 2. The second kappa shape index (κ2) is 7.10. The Morgan fingerprint density at radius 3 is 2.80 bits per heavy atom. The predicted octanol–water partition coefficient (Wildman–Crippen LogP) is 2.52. The van der Waals surface area contributed by atoms with Gasteiger partial charge in [0.05, 0.1) is 0 Å². The fourth-order valence-corrected chi connectivity index (χ4v) is 2.46. The van der Waals surface area contributed by atoms with E-state index in [4.69, 9.17) is 0 Å². The van der Waals surface area contributed by atoms with Gasteiger partial charge in [0.2, 0.25) is 5.91 Å². The molecule has 0 fully saturated rings. The van der Waals surface area contributed by atoms with Crippen LogP contribution in [0.25, 0.3) is 10.9 Å². The van der Waals surface area contributed by atoms with E-state index < -0.39 is 0 Å². The topological polar surface area (TPSA) is 48.1 Å². The van der Waals surface area contributed by atoms with Crippen LogP contribution in [0.4, 0.5) is 0 Å². The molecule has 1 amide bonds. The molecular formula is C16H23N3O. The zero-order valence-corrected chi connectivity index (χ0v) is 12.3. The first-order valence-electron chi connectivity index (χ1n) is 7.29. The van der Waals surface area contributed by atoms with E-state index in [1.54, 1.807) is 0 Å². The van der Waals surface area contributed by atoms with Crippen molar-refractivity contribution in [1.29, 1.82) is 0 Å². The van der Waals surface area contributed by atoms with Gasteiger partial charge < -0.3 is 15.2 Å². The molecule has 1 aromatic carbocycles. The monoisotopic (exact) mass is 273 g/mol. The van der Waals surface area contributed by atoms with E-state index >= 15 is 0 Å². The SMILES string of the molecule is CCN(CC)C(=O)CCNCc1cccc2[nH]ccc12. The van der Waals surface area contributed by atoms with E-state index in [0.29, 0.717) is 6.42 Å². The predicted molar refractivity (Wildman–Crippen MR) is 82.6 cm³/mol. The van der Waals surface area contributed by atoms with Gasteiger partial charge in [-0.2, -0.15) is 0 Å². The van der Waals surface area contributed by atoms with Gasteiger partial charge in [-0.15, -0.1) is 0 Å². The highest BCUT2D eigenvalue weighted by molar-refractivity contribution is 5.82. The fraction of sp³-hybridized carbons (Fsp3) is 0.438. The van der Waals surface area contributed by atoms with E-state index in [2.05, 4.69) is 34.6 Å². The number of fused-ring (bicyclic) bond motifs is 1. The summed E-state index contributed by atoms with van der Waals surface area (Å²) in [5, 5.41) is 4.60. The summed E-state index contributed by atoms with van der Waals surface area (Å²) in [6, 6.07) is 8.34. The molecule has 1 heterocycles. The Labute approximate surface area is 120 Å². The molecule has 0 unspecified atom stereocenters. The van der Waals surface area contributed by atoms with Gasteiger partial charge in [-0.1, -0.05) is 12.1 Å². The van der Waals surface area contributed by atoms with Crippen LogP contribution in [-0.4, -0.2) is 35.4 Å². The third-order valence-electron chi connectivity index (χ3n) is 3.63. The molecule has 0 saturated heterocycles. The maximum absolute atomic E-state index is 11.9. The molecule has 0 radical (unpaired) electrons. The van der Waals surface area contributed by atoms with Crippen molar-refractivity contribution in [2.75, 3.05) is 19.6 Å². The molecule has 0 aliphatic rings. The fourth-order valence-electron chi connectivity index (χ4n) is 2.46. The minimum atomic E-state index is 0.224. The lowest BCUT2D eigenvalue weighted by atomic mass is 10.1. The molecule has 0 spiro atoms. The smallest absolute Gasteiger partial charge is 0.223 e. The van der Waals surface area contributed by atoms with Crippen molar-refractivity contribution in [3.05, 3.63) is 36.0 Å². The molecular weight excluding hydrogens is 250 g/mol. The van der Waals surface area contributed by atoms with E-state index in [1.807, 2.05) is 24.9 Å². The number of amides is 1. The van der Waals surface area contributed by atoms with E-state index in [0.717, 1.165) is 31.7 Å². The second-order valence-corrected chi connectivity index (χ2v) is 4.85. The van der Waals surface area contributed by atoms with Crippen molar-refractivity contribution in [1.82, 2.24) is 15.2 Å². The van der Waals surface area contributed by atoms with Crippen LogP contribution in [0.2, 0.25) is 0 Å². The molecule has 20 heavy (non-hydrogen) atoms. The van der Waals surface area contributed by atoms with Crippen molar-refractivity contribution < 1.29 is 4.79 Å². The van der Waals surface area contributed by atoms with Gasteiger partial charge >= 0.3 is 0 Å². The third-order valence-corrected chi connectivity index (χ3v) is 3.63. The van der Waals surface area contributed by atoms with E-state index in [9.17, 15) is 4.79 Å². The minimum absolute atomic E-state index is 0.224. The normalized spacial score (nSPS) is 10.9. The highest BCUT2D eigenvalue weighted by Gasteiger charge is 2.08. The van der Waals surface area contributed by atoms with Gasteiger partial charge in [0, 0.05) is 49.7 Å². The number of nitrogens with zero attached hydrogens (tertiary/aromatic N) is 1. The second-order valence-electron chi connectivity index (χ2n) is 4.85. The molecule has 0 bridgehead atoms. The van der Waals surface area contributed by atoms with E-state index in [1.165, 1.54) is 10.9 Å². The standard InChI is InChI=1S/C16H23N3O/c1-3-19(4-2)16(20)9-10-17-12-13-6-5-7-15-14(13)8-11-18-15/h5-8,11,17-18H,3-4,9-10,12H2,1-2H3. The summed E-state index contributed by atoms with van der Waals surface area (Å²) in [7, 11) is 0. The largest absolute Gasteiger partial charge is 0.361 e. The van der Waals surface area contributed by atoms with Crippen molar-refractivity contribution >= 4 is 16.8 Å². The summed E-state index contributed by atoms with van der Waals surface area (Å²) in [4.78, 5) is 16.9. The van der Waals surface area contributed by atoms with Crippen LogP contribution < -0.4 is 5.32 Å². The Morgan fingerprint density at radius 2 is 2.05 bits per heavy atom. The van der Waals surface area contributed by atoms with Gasteiger partial charge in [-0.25, -0.2) is 0 Å². The van der Waals surface area contributed by atoms with Crippen molar-refractivity contribution in [2.24, 2.45) is 0 Å². The lowest BCUT2D eigenvalue weighted by Gasteiger charge is -2.18. The lowest BCUT2D eigenvalue weighted by Crippen LogP contribution is -2.32. The van der Waals surface area contributed by atoms with Crippen molar-refractivity contribution in [3.63, 3.8) is 0 Å². The average molecular weight is 273 g/mol. The maximum Gasteiger partial charge on any atom is 0.223 e. The zero-order valence-electron chi connectivity index (χ0n) is 12.3. The molecule has 4 nitrogen and oxygen atoms in total. The lowest BCUT2D eigenvalue weighted by molar-refractivity contribution is -0.130. The number of carbonyl (C=O) groups excluding carboxylic acids is 1. The Balaban J connectivity index is 1.82. The van der Waals surface area contributed by atoms with Crippen LogP contribution in [0.3, 0.4) is 0 Å². The number of aromatic amines is 1. The number of carbonyl (C=O) groups is 1. The van der Waals surface area contributed by atoms with Crippen LogP contribution in [0.1, 0.15) is 25.8 Å². The van der Waals surface area contributed by atoms with Crippen LogP contribution in [0.5, 0.6) is 0 Å². The average Bonchev–Trinajstić information content (AvgIpc) is 2.94. The van der Waals surface area contributed by atoms with Crippen LogP contribution in [-0.2, 0) is 11.3 Å². The Bertz CT molecular complexity index is 558. The quantitative estimate of drug-likeness (QED) is 0.762. The summed E-state index contributed by atoms with van der Waals surface area (Å²) < 4.78 is 0. The number of benzene rings is 1. The molecule has 0 atom stereocenters. The van der Waals surface area contributed by atoms with Crippen molar-refractivity contribution in [3.8, 4) is 0 Å². The first kappa shape index (κ1) is 14.6. The van der Waals surface area contributed by atoms with Crippen molar-refractivity contribution in [2.45, 2.75) is 26.8 Å². The van der Waals surface area contributed by atoms with Crippen LogP contribution >= 0.6 is 0 Å². The highest BCUT2D eigenvalue weighted by atomic mass is 16.2. The van der Waals surface area contributed by atoms with Gasteiger partial charge in [0.15, 0.2) is 0 Å². The summed E-state index contributed by atoms with van der Waals surface area (Å²) in [5.74, 6) is 0.224. The maximum atomic E-state index is 11.9. The number of hydrogen-bond donors (Lipinski definition) is 2. The third kappa shape index (κ3) is 3.39. The van der Waals surface area contributed by atoms with Gasteiger partial charge in [-0.3, -0.25) is 4.79 Å². The van der Waals surface area contributed by atoms with Gasteiger partial charge in [0.25, 0.3) is 0 Å². The molecule has 2 N–H and O–H groups in total. The Morgan fingerprint density at radius 1 is 1.25 bits per heavy atom. The number of H-pyrrole nitrogens is 1. The van der Waals surface area contributed by atoms with Gasteiger partial charge in [0.1, 0.15) is 0 Å². The molecule has 108 valence electrons. The number of nitrogens with one attached hydrogen (secondary N) is 2. The highest BCUT2D eigenvalue weighted by Crippen LogP contribution is 2.16. The van der Waals surface area contributed by atoms with Crippen LogP contribution in [0.15, 0.2) is 30.5 Å². The van der Waals surface area contributed by atoms with E-state index in [-0.39, 0.29) is 5.91 Å². The molecule has 2 aromatic rings. The summed E-state index contributed by atoms with van der Waals surface area (Å²) in [6.45, 7) is 7.12. The summed E-state index contributed by atoms with van der Waals surface area (Å²) in [5.41, 5.74) is 2.42. The number of rotatable bonds is 7. The molecule has 1 aromatic heterocycles. The first-order chi connectivity index (χ1) is 9.76. The summed E-state index contributed by atoms with van der Waals surface area (Å²) in [6.07, 6.45) is 2.52. The molecule has 0 saturated carbocycles. The molecule has 2 rings (SSSR count).